The zero-order chi connectivity index (χ0) is 26.7. The van der Waals surface area contributed by atoms with Crippen LogP contribution in [0.15, 0.2) is 36.4 Å². The minimum atomic E-state index is -1.19. The number of nitrogen functional groups attached to an aromatic ring is 1. The molecule has 0 bridgehead atoms. The van der Waals surface area contributed by atoms with Crippen LogP contribution in [0, 0.1) is 5.92 Å². The van der Waals surface area contributed by atoms with Crippen molar-refractivity contribution in [3.05, 3.63) is 53.3 Å². The highest BCUT2D eigenvalue weighted by atomic mass is 16.4. The lowest BCUT2D eigenvalue weighted by Gasteiger charge is -2.25. The highest BCUT2D eigenvalue weighted by Gasteiger charge is 2.37. The fraction of sp³-hybridized carbons (Fsp3) is 0.360. The lowest BCUT2D eigenvalue weighted by atomic mass is 10.0. The van der Waals surface area contributed by atoms with Crippen LogP contribution in [0.1, 0.15) is 53.2 Å². The first-order valence-corrected chi connectivity index (χ1v) is 12.0. The third kappa shape index (κ3) is 5.75. The van der Waals surface area contributed by atoms with Crippen molar-refractivity contribution in [2.45, 2.75) is 45.3 Å². The van der Waals surface area contributed by atoms with Crippen LogP contribution in [0.5, 0.6) is 0 Å². The third-order valence-electron chi connectivity index (χ3n) is 6.18. The van der Waals surface area contributed by atoms with E-state index in [2.05, 4.69) is 25.8 Å². The number of nitrogens with two attached hydrogens (primary N) is 1. The quantitative estimate of drug-likeness (QED) is 0.239. The molecular formula is C25H29N7O5. The molecule has 0 saturated heterocycles. The fourth-order valence-electron chi connectivity index (χ4n) is 4.37. The topological polar surface area (TPSA) is 183 Å². The van der Waals surface area contributed by atoms with Crippen LogP contribution >= 0.6 is 0 Å². The first kappa shape index (κ1) is 25.8. The number of aromatic nitrogens is 3. The van der Waals surface area contributed by atoms with Gasteiger partial charge in [0.15, 0.2) is 5.82 Å². The Bertz CT molecular complexity index is 1300. The van der Waals surface area contributed by atoms with Gasteiger partial charge < -0.3 is 21.1 Å². The van der Waals surface area contributed by atoms with E-state index in [9.17, 15) is 24.3 Å². The van der Waals surface area contributed by atoms with E-state index in [1.54, 1.807) is 12.1 Å². The fourth-order valence-corrected chi connectivity index (χ4v) is 4.37. The van der Waals surface area contributed by atoms with Crippen LogP contribution in [0.4, 0.5) is 5.95 Å². The van der Waals surface area contributed by atoms with Gasteiger partial charge in [0.25, 0.3) is 11.8 Å². The molecule has 3 amide bonds. The minimum Gasteiger partial charge on any atom is -0.480 e. The molecule has 1 aliphatic rings. The van der Waals surface area contributed by atoms with Gasteiger partial charge >= 0.3 is 5.97 Å². The molecule has 2 atom stereocenters. The van der Waals surface area contributed by atoms with Gasteiger partial charge in [0.1, 0.15) is 6.04 Å². The molecule has 0 spiro atoms. The zero-order valence-corrected chi connectivity index (χ0v) is 20.5. The Morgan fingerprint density at radius 2 is 1.68 bits per heavy atom. The second kappa shape index (κ2) is 10.7. The van der Waals surface area contributed by atoms with E-state index in [4.69, 9.17) is 5.73 Å². The molecule has 37 heavy (non-hydrogen) atoms. The number of imide groups is 1. The number of carboxylic acids is 1. The number of carbonyl (C=O) groups is 4. The average Bonchev–Trinajstić information content (AvgIpc) is 3.38. The molecule has 6 N–H and O–H groups in total. The van der Waals surface area contributed by atoms with Crippen molar-refractivity contribution in [1.29, 1.82) is 0 Å². The van der Waals surface area contributed by atoms with Crippen molar-refractivity contribution in [2.24, 2.45) is 5.92 Å². The second-order valence-corrected chi connectivity index (χ2v) is 9.41. The smallest absolute Gasteiger partial charge is 0.320 e. The summed E-state index contributed by atoms with van der Waals surface area (Å²) in [6, 6.07) is 8.79. The molecule has 0 aliphatic carbocycles. The molecule has 0 fully saturated rings. The summed E-state index contributed by atoms with van der Waals surface area (Å²) >= 11 is 0. The molecule has 0 unspecified atom stereocenters. The number of anilines is 1. The highest BCUT2D eigenvalue weighted by Crippen LogP contribution is 2.28. The van der Waals surface area contributed by atoms with Crippen LogP contribution in [-0.2, 0) is 16.1 Å². The van der Waals surface area contributed by atoms with Crippen molar-refractivity contribution in [3.63, 3.8) is 0 Å². The molecule has 0 radical (unpaired) electrons. The number of nitrogens with zero attached hydrogens (tertiary/aromatic N) is 3. The molecule has 194 valence electrons. The first-order valence-electron chi connectivity index (χ1n) is 12.0. The van der Waals surface area contributed by atoms with Crippen molar-refractivity contribution < 1.29 is 24.3 Å². The Kier molecular flexibility index (Phi) is 7.48. The Balaban J connectivity index is 1.43. The molecule has 1 aliphatic heterocycles. The van der Waals surface area contributed by atoms with Crippen molar-refractivity contribution in [1.82, 2.24) is 30.7 Å². The Labute approximate surface area is 212 Å². The number of aliphatic carboxylic acids is 1. The number of benzene rings is 2. The molecule has 0 saturated carbocycles. The minimum absolute atomic E-state index is 0.0421. The summed E-state index contributed by atoms with van der Waals surface area (Å²) in [6.45, 7) is 3.76. The summed E-state index contributed by atoms with van der Waals surface area (Å²) in [4.78, 5) is 54.6. The normalized spacial score (nSPS) is 14.7. The standard InChI is InChI=1S/C25H29N7O5/c1-13(2)9-19(21(33)27-12-20-29-25(26)31-30-20)28-18(24(36)37)7-8-32-22(34)16-10-14-5-3-4-6-15(14)11-17(16)23(32)35/h3-6,10-11,13,18-19,28H,7-9,12H2,1-2H3,(H,27,33)(H,36,37)(H3,26,29,30,31)/t18-,19+/m1/s1. The summed E-state index contributed by atoms with van der Waals surface area (Å²) in [7, 11) is 0. The number of hydrogen-bond donors (Lipinski definition) is 5. The lowest BCUT2D eigenvalue weighted by molar-refractivity contribution is -0.140. The van der Waals surface area contributed by atoms with Crippen LogP contribution in [-0.4, -0.2) is 67.5 Å². The maximum atomic E-state index is 13.0. The van der Waals surface area contributed by atoms with Crippen molar-refractivity contribution in [2.75, 3.05) is 12.3 Å². The second-order valence-electron chi connectivity index (χ2n) is 9.41. The van der Waals surface area contributed by atoms with Gasteiger partial charge in [-0.3, -0.25) is 29.4 Å². The van der Waals surface area contributed by atoms with E-state index in [0.29, 0.717) is 23.4 Å². The average molecular weight is 508 g/mol. The van der Waals surface area contributed by atoms with Crippen LogP contribution in [0.3, 0.4) is 0 Å². The monoisotopic (exact) mass is 507 g/mol. The van der Waals surface area contributed by atoms with Gasteiger partial charge in [-0.2, -0.15) is 0 Å². The Morgan fingerprint density at radius 3 is 2.19 bits per heavy atom. The summed E-state index contributed by atoms with van der Waals surface area (Å²) < 4.78 is 0. The SMILES string of the molecule is CC(C)C[C@H](N[C@H](CCN1C(=O)c2cc3ccccc3cc2C1=O)C(=O)O)C(=O)NCc1nnc(N)[nH]1. The lowest BCUT2D eigenvalue weighted by Crippen LogP contribution is -2.52. The number of amides is 3. The number of carboxylic acid groups (broad SMARTS) is 1. The van der Waals surface area contributed by atoms with Gasteiger partial charge in [0.2, 0.25) is 11.9 Å². The predicted molar refractivity (Wildman–Crippen MR) is 134 cm³/mol. The maximum absolute atomic E-state index is 13.0. The van der Waals surface area contributed by atoms with Crippen LogP contribution in [0.25, 0.3) is 10.8 Å². The zero-order valence-electron chi connectivity index (χ0n) is 20.5. The van der Waals surface area contributed by atoms with E-state index >= 15 is 0 Å². The molecule has 4 rings (SSSR count). The molecule has 3 aromatic rings. The first-order chi connectivity index (χ1) is 17.6. The number of nitrogens with one attached hydrogen (secondary N) is 3. The summed E-state index contributed by atoms with van der Waals surface area (Å²) in [5.41, 5.74) is 6.10. The van der Waals surface area contributed by atoms with E-state index in [1.807, 2.05) is 38.1 Å². The van der Waals surface area contributed by atoms with Crippen molar-refractivity contribution in [3.8, 4) is 0 Å². The van der Waals surface area contributed by atoms with E-state index < -0.39 is 35.8 Å². The van der Waals surface area contributed by atoms with Gasteiger partial charge in [-0.1, -0.05) is 38.1 Å². The van der Waals surface area contributed by atoms with E-state index in [0.717, 1.165) is 15.7 Å². The Morgan fingerprint density at radius 1 is 1.05 bits per heavy atom. The highest BCUT2D eigenvalue weighted by molar-refractivity contribution is 6.23. The van der Waals surface area contributed by atoms with Crippen LogP contribution in [0.2, 0.25) is 0 Å². The molecule has 2 aromatic carbocycles. The van der Waals surface area contributed by atoms with E-state index in [1.165, 1.54) is 0 Å². The van der Waals surface area contributed by atoms with Gasteiger partial charge in [0.05, 0.1) is 23.7 Å². The van der Waals surface area contributed by atoms with Gasteiger partial charge in [0, 0.05) is 6.54 Å². The van der Waals surface area contributed by atoms with E-state index in [-0.39, 0.29) is 31.4 Å². The number of rotatable bonds is 11. The summed E-state index contributed by atoms with van der Waals surface area (Å²) in [5.74, 6) is -1.95. The number of hydrogen-bond acceptors (Lipinski definition) is 8. The molecule has 12 nitrogen and oxygen atoms in total. The third-order valence-corrected chi connectivity index (χ3v) is 6.18. The number of fused-ring (bicyclic) bond motifs is 2. The molecule has 2 heterocycles. The maximum Gasteiger partial charge on any atom is 0.320 e. The van der Waals surface area contributed by atoms with Gasteiger partial charge in [-0.15, -0.1) is 10.2 Å². The summed E-state index contributed by atoms with van der Waals surface area (Å²) in [5, 5.41) is 24.5. The number of carbonyl (C=O) groups excluding carboxylic acids is 3. The van der Waals surface area contributed by atoms with Crippen molar-refractivity contribution >= 4 is 40.4 Å². The largest absolute Gasteiger partial charge is 0.480 e. The Hall–Kier alpha value is -4.32. The number of aromatic amines is 1. The van der Waals surface area contributed by atoms with Gasteiger partial charge in [-0.25, -0.2) is 0 Å². The molecular weight excluding hydrogens is 478 g/mol. The predicted octanol–water partition coefficient (Wildman–Crippen LogP) is 1.30. The summed E-state index contributed by atoms with van der Waals surface area (Å²) in [6.07, 6.45) is 0.300. The molecule has 1 aromatic heterocycles. The molecule has 12 heteroatoms. The van der Waals surface area contributed by atoms with Crippen LogP contribution < -0.4 is 16.4 Å². The van der Waals surface area contributed by atoms with Gasteiger partial charge in [-0.05, 0) is 41.7 Å². The number of H-pyrrole nitrogens is 1.